The number of aromatic nitrogens is 1. The quantitative estimate of drug-likeness (QED) is 0.722. The van der Waals surface area contributed by atoms with E-state index in [1.165, 1.54) is 5.56 Å². The lowest BCUT2D eigenvalue weighted by Crippen LogP contribution is -2.21. The van der Waals surface area contributed by atoms with E-state index in [0.29, 0.717) is 12.1 Å². The molecule has 0 aliphatic carbocycles. The third kappa shape index (κ3) is 2.76. The molecule has 3 rings (SSSR count). The molecule has 0 radical (unpaired) electrons. The number of hydrogen-bond acceptors (Lipinski definition) is 2. The fourth-order valence-electron chi connectivity index (χ4n) is 3.09. The van der Waals surface area contributed by atoms with Gasteiger partial charge in [0.05, 0.1) is 23.7 Å². The lowest BCUT2D eigenvalue weighted by molar-refractivity contribution is 0.790. The van der Waals surface area contributed by atoms with Crippen molar-refractivity contribution < 1.29 is 0 Å². The molecule has 0 N–H and O–H groups in total. The van der Waals surface area contributed by atoms with Gasteiger partial charge in [-0.15, -0.1) is 0 Å². The Labute approximate surface area is 135 Å². The van der Waals surface area contributed by atoms with Crippen LogP contribution >= 0.6 is 0 Å². The van der Waals surface area contributed by atoms with Gasteiger partial charge < -0.3 is 4.57 Å². The maximum Gasteiger partial charge on any atom is 0.251 e. The molecular weight excluding hydrogens is 284 g/mol. The highest BCUT2D eigenvalue weighted by molar-refractivity contribution is 5.86. The van der Waals surface area contributed by atoms with Crippen molar-refractivity contribution in [3.63, 3.8) is 0 Å². The normalized spacial score (nSPS) is 10.7. The number of hydrogen-bond donors (Lipinski definition) is 0. The molecule has 1 aromatic heterocycles. The van der Waals surface area contributed by atoms with Gasteiger partial charge in [0.25, 0.3) is 5.56 Å². The number of rotatable bonds is 2. The zero-order chi connectivity index (χ0) is 16.6. The fourth-order valence-corrected chi connectivity index (χ4v) is 3.09. The van der Waals surface area contributed by atoms with Gasteiger partial charge in [0.1, 0.15) is 0 Å². The second-order valence-electron chi connectivity index (χ2n) is 6.04. The zero-order valence-corrected chi connectivity index (χ0v) is 13.6. The van der Waals surface area contributed by atoms with Crippen molar-refractivity contribution in [2.45, 2.75) is 27.3 Å². The summed E-state index contributed by atoms with van der Waals surface area (Å²) in [6.07, 6.45) is 0. The number of pyridine rings is 1. The van der Waals surface area contributed by atoms with Crippen LogP contribution in [0.3, 0.4) is 0 Å². The first-order valence-electron chi connectivity index (χ1n) is 7.60. The van der Waals surface area contributed by atoms with Gasteiger partial charge in [0.2, 0.25) is 0 Å². The average Bonchev–Trinajstić information content (AvgIpc) is 2.52. The van der Waals surface area contributed by atoms with Gasteiger partial charge in [-0.1, -0.05) is 23.8 Å². The first kappa shape index (κ1) is 15.1. The van der Waals surface area contributed by atoms with Gasteiger partial charge in [-0.3, -0.25) is 4.79 Å². The standard InChI is InChI=1S/C20H18N2O/c1-13-8-15(3)20-18(9-13)14(2)10-19(23)22(20)12-17-6-4-16(11-21)5-7-17/h4-10H,12H2,1-3H3. The second-order valence-corrected chi connectivity index (χ2v) is 6.04. The number of aryl methyl sites for hydroxylation is 3. The van der Waals surface area contributed by atoms with E-state index >= 15 is 0 Å². The van der Waals surface area contributed by atoms with Crippen LogP contribution in [0.5, 0.6) is 0 Å². The van der Waals surface area contributed by atoms with E-state index in [4.69, 9.17) is 5.26 Å². The molecule has 0 atom stereocenters. The Morgan fingerprint density at radius 2 is 1.70 bits per heavy atom. The topological polar surface area (TPSA) is 45.8 Å². The van der Waals surface area contributed by atoms with Crippen LogP contribution < -0.4 is 5.56 Å². The molecule has 0 saturated carbocycles. The van der Waals surface area contributed by atoms with Crippen LogP contribution in [0, 0.1) is 32.1 Å². The molecule has 3 aromatic rings. The first-order chi connectivity index (χ1) is 11.0. The highest BCUT2D eigenvalue weighted by atomic mass is 16.1. The minimum Gasteiger partial charge on any atom is -0.304 e. The van der Waals surface area contributed by atoms with E-state index in [0.717, 1.165) is 27.6 Å². The van der Waals surface area contributed by atoms with Crippen molar-refractivity contribution in [1.29, 1.82) is 5.26 Å². The van der Waals surface area contributed by atoms with Crippen molar-refractivity contribution in [1.82, 2.24) is 4.57 Å². The first-order valence-corrected chi connectivity index (χ1v) is 7.60. The summed E-state index contributed by atoms with van der Waals surface area (Å²) in [5, 5.41) is 10.0. The van der Waals surface area contributed by atoms with Crippen LogP contribution in [0.1, 0.15) is 27.8 Å². The Bertz CT molecular complexity index is 989. The predicted octanol–water partition coefficient (Wildman–Crippen LogP) is 3.85. The van der Waals surface area contributed by atoms with Crippen LogP contribution in [-0.2, 0) is 6.54 Å². The molecule has 0 saturated heterocycles. The van der Waals surface area contributed by atoms with Crippen LogP contribution in [0.2, 0.25) is 0 Å². The monoisotopic (exact) mass is 302 g/mol. The maximum absolute atomic E-state index is 12.5. The van der Waals surface area contributed by atoms with Crippen molar-refractivity contribution in [3.05, 3.63) is 80.6 Å². The molecule has 114 valence electrons. The molecule has 0 spiro atoms. The van der Waals surface area contributed by atoms with Crippen molar-refractivity contribution in [2.24, 2.45) is 0 Å². The predicted molar refractivity (Wildman–Crippen MR) is 92.7 cm³/mol. The molecule has 0 unspecified atom stereocenters. The molecule has 2 aromatic carbocycles. The Balaban J connectivity index is 2.20. The second kappa shape index (κ2) is 5.73. The van der Waals surface area contributed by atoms with E-state index in [2.05, 4.69) is 25.1 Å². The Morgan fingerprint density at radius 1 is 1.00 bits per heavy atom. The van der Waals surface area contributed by atoms with E-state index in [1.807, 2.05) is 30.5 Å². The Morgan fingerprint density at radius 3 is 2.35 bits per heavy atom. The molecule has 0 aliphatic heterocycles. The lowest BCUT2D eigenvalue weighted by Gasteiger charge is -2.15. The van der Waals surface area contributed by atoms with Crippen molar-refractivity contribution in [3.8, 4) is 6.07 Å². The van der Waals surface area contributed by atoms with E-state index in [-0.39, 0.29) is 5.56 Å². The summed E-state index contributed by atoms with van der Waals surface area (Å²) in [5.74, 6) is 0. The van der Waals surface area contributed by atoms with E-state index in [1.54, 1.807) is 18.2 Å². The number of fused-ring (bicyclic) bond motifs is 1. The fraction of sp³-hybridized carbons (Fsp3) is 0.200. The number of nitrogens with zero attached hydrogens (tertiary/aromatic N) is 2. The lowest BCUT2D eigenvalue weighted by atomic mass is 10.0. The summed E-state index contributed by atoms with van der Waals surface area (Å²) >= 11 is 0. The molecule has 0 aliphatic rings. The summed E-state index contributed by atoms with van der Waals surface area (Å²) in [4.78, 5) is 12.5. The molecule has 3 heteroatoms. The third-order valence-electron chi connectivity index (χ3n) is 4.17. The number of nitriles is 1. The maximum atomic E-state index is 12.5. The SMILES string of the molecule is Cc1cc(C)c2c(c1)c(C)cc(=O)n2Cc1ccc(C#N)cc1. The molecule has 0 fully saturated rings. The Kier molecular flexibility index (Phi) is 3.75. The third-order valence-corrected chi connectivity index (χ3v) is 4.17. The van der Waals surface area contributed by atoms with Crippen LogP contribution in [0.25, 0.3) is 10.9 Å². The van der Waals surface area contributed by atoms with E-state index < -0.39 is 0 Å². The van der Waals surface area contributed by atoms with Gasteiger partial charge in [-0.05, 0) is 55.7 Å². The van der Waals surface area contributed by atoms with Gasteiger partial charge in [0.15, 0.2) is 0 Å². The summed E-state index contributed by atoms with van der Waals surface area (Å²) in [6.45, 7) is 6.60. The zero-order valence-electron chi connectivity index (χ0n) is 13.6. The summed E-state index contributed by atoms with van der Waals surface area (Å²) in [6, 6.07) is 15.4. The van der Waals surface area contributed by atoms with Crippen LogP contribution in [0.4, 0.5) is 0 Å². The van der Waals surface area contributed by atoms with Crippen LogP contribution in [0.15, 0.2) is 47.3 Å². The van der Waals surface area contributed by atoms with Crippen molar-refractivity contribution >= 4 is 10.9 Å². The average molecular weight is 302 g/mol. The summed E-state index contributed by atoms with van der Waals surface area (Å²) in [7, 11) is 0. The van der Waals surface area contributed by atoms with Gasteiger partial charge >= 0.3 is 0 Å². The minimum absolute atomic E-state index is 0.00585. The molecule has 0 bridgehead atoms. The van der Waals surface area contributed by atoms with Gasteiger partial charge in [0, 0.05) is 11.5 Å². The van der Waals surface area contributed by atoms with Crippen molar-refractivity contribution in [2.75, 3.05) is 0 Å². The van der Waals surface area contributed by atoms with E-state index in [9.17, 15) is 4.79 Å². The van der Waals surface area contributed by atoms with Crippen LogP contribution in [-0.4, -0.2) is 4.57 Å². The molecule has 0 amide bonds. The summed E-state index contributed by atoms with van der Waals surface area (Å²) < 4.78 is 1.82. The molecule has 23 heavy (non-hydrogen) atoms. The molecular formula is C20H18N2O. The molecule has 1 heterocycles. The summed E-state index contributed by atoms with van der Waals surface area (Å²) in [5.41, 5.74) is 5.94. The molecule has 3 nitrogen and oxygen atoms in total. The highest BCUT2D eigenvalue weighted by Crippen LogP contribution is 2.23. The minimum atomic E-state index is 0.00585. The van der Waals surface area contributed by atoms with Gasteiger partial charge in [-0.2, -0.15) is 5.26 Å². The largest absolute Gasteiger partial charge is 0.304 e. The Hall–Kier alpha value is -2.86. The van der Waals surface area contributed by atoms with Gasteiger partial charge in [-0.25, -0.2) is 0 Å². The number of benzene rings is 2. The smallest absolute Gasteiger partial charge is 0.251 e. The highest BCUT2D eigenvalue weighted by Gasteiger charge is 2.10.